The monoisotopic (exact) mass is 290 g/mol. The lowest BCUT2D eigenvalue weighted by Crippen LogP contribution is -1.94. The molecular formula is C14H11ClN2OS. The highest BCUT2D eigenvalue weighted by Crippen LogP contribution is 2.32. The molecule has 5 heteroatoms. The van der Waals surface area contributed by atoms with E-state index >= 15 is 0 Å². The highest BCUT2D eigenvalue weighted by molar-refractivity contribution is 7.16. The third-order valence-electron chi connectivity index (χ3n) is 2.82. The molecule has 0 aliphatic heterocycles. The Morgan fingerprint density at radius 2 is 2.05 bits per heavy atom. The number of aryl methyl sites for hydroxylation is 1. The van der Waals surface area contributed by atoms with Crippen LogP contribution in [0, 0.1) is 0 Å². The van der Waals surface area contributed by atoms with Crippen LogP contribution in [0.4, 0.5) is 0 Å². The van der Waals surface area contributed by atoms with Gasteiger partial charge in [-0.05, 0) is 41.1 Å². The fourth-order valence-electron chi connectivity index (χ4n) is 1.88. The molecule has 0 aliphatic rings. The summed E-state index contributed by atoms with van der Waals surface area (Å²) in [7, 11) is 0. The minimum Gasteiger partial charge on any atom is -0.438 e. The van der Waals surface area contributed by atoms with Gasteiger partial charge in [0.2, 0.25) is 11.2 Å². The van der Waals surface area contributed by atoms with Crippen LogP contribution in [0.1, 0.15) is 12.5 Å². The van der Waals surface area contributed by atoms with Crippen LogP contribution in [0.15, 0.2) is 35.7 Å². The quantitative estimate of drug-likeness (QED) is 0.656. The summed E-state index contributed by atoms with van der Waals surface area (Å²) in [5, 5.41) is 3.05. The van der Waals surface area contributed by atoms with Crippen molar-refractivity contribution in [3.05, 3.63) is 46.6 Å². The molecular weight excluding hydrogens is 280 g/mol. The molecule has 0 bridgehead atoms. The van der Waals surface area contributed by atoms with Crippen molar-refractivity contribution in [3.63, 3.8) is 0 Å². The van der Waals surface area contributed by atoms with Crippen LogP contribution in [0.5, 0.6) is 11.6 Å². The van der Waals surface area contributed by atoms with Crippen LogP contribution in [0.3, 0.4) is 0 Å². The largest absolute Gasteiger partial charge is 0.438 e. The molecule has 0 N–H and O–H groups in total. The Morgan fingerprint density at radius 3 is 2.89 bits per heavy atom. The molecule has 1 aromatic carbocycles. The molecule has 0 aliphatic carbocycles. The highest BCUT2D eigenvalue weighted by atomic mass is 35.5. The maximum Gasteiger partial charge on any atom is 0.232 e. The minimum atomic E-state index is 0.207. The summed E-state index contributed by atoms with van der Waals surface area (Å²) < 4.78 is 5.92. The molecule has 0 atom stereocenters. The Bertz CT molecular complexity index is 726. The first-order valence-electron chi connectivity index (χ1n) is 5.94. The summed E-state index contributed by atoms with van der Waals surface area (Å²) >= 11 is 7.45. The Balaban J connectivity index is 2.07. The molecule has 2 heterocycles. The number of fused-ring (bicyclic) bond motifs is 1. The highest BCUT2D eigenvalue weighted by Gasteiger charge is 2.11. The van der Waals surface area contributed by atoms with E-state index in [1.807, 2.05) is 35.7 Å². The number of benzene rings is 1. The Labute approximate surface area is 119 Å². The first-order chi connectivity index (χ1) is 9.28. The third-order valence-corrected chi connectivity index (χ3v) is 3.80. The summed E-state index contributed by atoms with van der Waals surface area (Å²) in [6, 6.07) is 9.87. The van der Waals surface area contributed by atoms with E-state index < -0.39 is 0 Å². The molecule has 0 saturated carbocycles. The van der Waals surface area contributed by atoms with Crippen LogP contribution >= 0.6 is 22.9 Å². The first kappa shape index (κ1) is 12.4. The van der Waals surface area contributed by atoms with Crippen molar-refractivity contribution in [1.82, 2.24) is 9.97 Å². The topological polar surface area (TPSA) is 35.0 Å². The van der Waals surface area contributed by atoms with E-state index in [0.717, 1.165) is 28.0 Å². The summed E-state index contributed by atoms with van der Waals surface area (Å²) in [5.41, 5.74) is 1.14. The van der Waals surface area contributed by atoms with Crippen LogP contribution in [0.25, 0.3) is 10.2 Å². The molecule has 0 fully saturated rings. The number of hydrogen-bond acceptors (Lipinski definition) is 4. The van der Waals surface area contributed by atoms with E-state index in [-0.39, 0.29) is 5.28 Å². The van der Waals surface area contributed by atoms with Gasteiger partial charge in [-0.2, -0.15) is 4.98 Å². The Kier molecular flexibility index (Phi) is 3.36. The zero-order valence-corrected chi connectivity index (χ0v) is 11.8. The van der Waals surface area contributed by atoms with Gasteiger partial charge >= 0.3 is 0 Å². The maximum atomic E-state index is 5.93. The zero-order chi connectivity index (χ0) is 13.2. The second-order valence-corrected chi connectivity index (χ2v) is 5.23. The van der Waals surface area contributed by atoms with Crippen molar-refractivity contribution in [2.24, 2.45) is 0 Å². The maximum absolute atomic E-state index is 5.93. The lowest BCUT2D eigenvalue weighted by atomic mass is 10.1. The zero-order valence-electron chi connectivity index (χ0n) is 10.3. The second-order valence-electron chi connectivity index (χ2n) is 4.00. The number of halogens is 1. The van der Waals surface area contributed by atoms with Crippen LogP contribution in [-0.4, -0.2) is 9.97 Å². The average Bonchev–Trinajstić information content (AvgIpc) is 2.87. The number of aromatic nitrogens is 2. The fourth-order valence-corrected chi connectivity index (χ4v) is 2.85. The predicted molar refractivity (Wildman–Crippen MR) is 78.3 cm³/mol. The lowest BCUT2D eigenvalue weighted by Gasteiger charge is -2.09. The van der Waals surface area contributed by atoms with E-state index in [1.165, 1.54) is 11.3 Å². The molecule has 0 radical (unpaired) electrons. The van der Waals surface area contributed by atoms with Crippen LogP contribution in [0.2, 0.25) is 5.28 Å². The Hall–Kier alpha value is -1.65. The average molecular weight is 291 g/mol. The molecule has 0 amide bonds. The Morgan fingerprint density at radius 1 is 1.21 bits per heavy atom. The number of thiophene rings is 1. The number of nitrogens with zero attached hydrogens (tertiary/aromatic N) is 2. The first-order valence-corrected chi connectivity index (χ1v) is 7.20. The van der Waals surface area contributed by atoms with Gasteiger partial charge in [0.15, 0.2) is 0 Å². The normalized spacial score (nSPS) is 10.8. The smallest absolute Gasteiger partial charge is 0.232 e. The summed E-state index contributed by atoms with van der Waals surface area (Å²) in [6.07, 6.45) is 0.905. The van der Waals surface area contributed by atoms with Gasteiger partial charge in [-0.1, -0.05) is 25.1 Å². The summed E-state index contributed by atoms with van der Waals surface area (Å²) in [5.74, 6) is 1.32. The number of para-hydroxylation sites is 1. The number of ether oxygens (including phenoxy) is 1. The van der Waals surface area contributed by atoms with Gasteiger partial charge in [0.05, 0.1) is 5.39 Å². The van der Waals surface area contributed by atoms with Gasteiger partial charge in [0, 0.05) is 0 Å². The van der Waals surface area contributed by atoms with E-state index in [2.05, 4.69) is 16.9 Å². The van der Waals surface area contributed by atoms with Crippen LogP contribution < -0.4 is 4.74 Å². The summed E-state index contributed by atoms with van der Waals surface area (Å²) in [4.78, 5) is 9.19. The third kappa shape index (κ3) is 2.41. The van der Waals surface area contributed by atoms with E-state index in [4.69, 9.17) is 16.3 Å². The van der Waals surface area contributed by atoms with Crippen molar-refractivity contribution in [1.29, 1.82) is 0 Å². The van der Waals surface area contributed by atoms with Crippen molar-refractivity contribution >= 4 is 33.2 Å². The van der Waals surface area contributed by atoms with Crippen molar-refractivity contribution in [2.75, 3.05) is 0 Å². The minimum absolute atomic E-state index is 0.207. The van der Waals surface area contributed by atoms with Crippen molar-refractivity contribution < 1.29 is 4.74 Å². The van der Waals surface area contributed by atoms with Gasteiger partial charge in [-0.3, -0.25) is 0 Å². The molecule has 0 saturated heterocycles. The lowest BCUT2D eigenvalue weighted by molar-refractivity contribution is 0.463. The van der Waals surface area contributed by atoms with Gasteiger partial charge in [-0.15, -0.1) is 11.3 Å². The molecule has 3 nitrogen and oxygen atoms in total. The van der Waals surface area contributed by atoms with Crippen LogP contribution in [-0.2, 0) is 6.42 Å². The fraction of sp³-hybridized carbons (Fsp3) is 0.143. The number of rotatable bonds is 3. The summed E-state index contributed by atoms with van der Waals surface area (Å²) in [6.45, 7) is 2.09. The van der Waals surface area contributed by atoms with Crippen molar-refractivity contribution in [2.45, 2.75) is 13.3 Å². The molecule has 96 valence electrons. The number of hydrogen-bond donors (Lipinski definition) is 0. The molecule has 0 unspecified atom stereocenters. The molecule has 19 heavy (non-hydrogen) atoms. The van der Waals surface area contributed by atoms with Gasteiger partial charge in [0.1, 0.15) is 10.6 Å². The van der Waals surface area contributed by atoms with Gasteiger partial charge in [0.25, 0.3) is 0 Å². The molecule has 0 spiro atoms. The van der Waals surface area contributed by atoms with Crippen molar-refractivity contribution in [3.8, 4) is 11.6 Å². The molecule has 3 rings (SSSR count). The van der Waals surface area contributed by atoms with E-state index in [0.29, 0.717) is 5.88 Å². The van der Waals surface area contributed by atoms with Gasteiger partial charge in [-0.25, -0.2) is 4.98 Å². The molecule has 2 aromatic heterocycles. The SMILES string of the molecule is CCc1ccccc1Oc1nc(Cl)nc2sccc12. The predicted octanol–water partition coefficient (Wildman–Crippen LogP) is 4.70. The van der Waals surface area contributed by atoms with Gasteiger partial charge < -0.3 is 4.74 Å². The second kappa shape index (κ2) is 5.15. The molecule has 3 aromatic rings. The van der Waals surface area contributed by atoms with E-state index in [9.17, 15) is 0 Å². The standard InChI is InChI=1S/C14H11ClN2OS/c1-2-9-5-3-4-6-11(9)18-12-10-7-8-19-13(10)17-14(15)16-12/h3-8H,2H2,1H3. The van der Waals surface area contributed by atoms with E-state index in [1.54, 1.807) is 0 Å².